The number of hydrogen-bond donors (Lipinski definition) is 2. The maximum absolute atomic E-state index is 5.79. The van der Waals surface area contributed by atoms with Gasteiger partial charge in [-0.25, -0.2) is 4.98 Å². The molecule has 0 radical (unpaired) electrons. The van der Waals surface area contributed by atoms with Gasteiger partial charge in [0, 0.05) is 5.92 Å². The van der Waals surface area contributed by atoms with Crippen molar-refractivity contribution in [2.75, 3.05) is 0 Å². The fraction of sp³-hybridized carbons (Fsp3) is 0.429. The van der Waals surface area contributed by atoms with Crippen molar-refractivity contribution in [1.29, 1.82) is 0 Å². The van der Waals surface area contributed by atoms with Crippen molar-refractivity contribution in [3.05, 3.63) is 47.0 Å². The summed E-state index contributed by atoms with van der Waals surface area (Å²) in [5, 5.41) is 7.23. The highest BCUT2D eigenvalue weighted by Gasteiger charge is 2.23. The molecule has 2 unspecified atom stereocenters. The van der Waals surface area contributed by atoms with Gasteiger partial charge in [0.05, 0.1) is 6.04 Å². The predicted molar refractivity (Wildman–Crippen MR) is 70.2 cm³/mol. The first-order valence-corrected chi connectivity index (χ1v) is 6.48. The summed E-state index contributed by atoms with van der Waals surface area (Å²) in [6.07, 6.45) is 3.30. The molecule has 1 aromatic heterocycles. The van der Waals surface area contributed by atoms with Crippen LogP contribution >= 0.6 is 0 Å². The molecular weight excluding hydrogens is 224 g/mol. The van der Waals surface area contributed by atoms with Crippen LogP contribution in [0.5, 0.6) is 0 Å². The van der Waals surface area contributed by atoms with Crippen molar-refractivity contribution < 1.29 is 0 Å². The van der Waals surface area contributed by atoms with Gasteiger partial charge in [-0.1, -0.05) is 24.3 Å². The summed E-state index contributed by atoms with van der Waals surface area (Å²) in [5.41, 5.74) is 8.70. The van der Waals surface area contributed by atoms with E-state index >= 15 is 0 Å². The number of fused-ring (bicyclic) bond motifs is 1. The zero-order valence-electron chi connectivity index (χ0n) is 10.6. The minimum Gasteiger partial charge on any atom is -0.321 e. The van der Waals surface area contributed by atoms with Crippen LogP contribution < -0.4 is 5.73 Å². The molecule has 2 atom stereocenters. The number of hydrogen-bond acceptors (Lipinski definition) is 3. The standard InChI is InChI=1S/C14H18N4/c1-9(15)13-16-14(18-17-13)12-7-6-10-4-2-3-5-11(10)8-12/h2-5,9,12H,6-8,15H2,1H3,(H,16,17,18). The smallest absolute Gasteiger partial charge is 0.167 e. The SMILES string of the molecule is CC(N)c1n[nH]c(C2CCc3ccccc3C2)n1. The Labute approximate surface area is 107 Å². The maximum atomic E-state index is 5.79. The van der Waals surface area contributed by atoms with Gasteiger partial charge < -0.3 is 5.73 Å². The van der Waals surface area contributed by atoms with Gasteiger partial charge >= 0.3 is 0 Å². The summed E-state index contributed by atoms with van der Waals surface area (Å²) >= 11 is 0. The number of aromatic amines is 1. The number of nitrogens with two attached hydrogens (primary N) is 1. The molecule has 18 heavy (non-hydrogen) atoms. The normalized spacial score (nSPS) is 20.4. The molecule has 94 valence electrons. The Bertz CT molecular complexity index is 544. The first-order valence-electron chi connectivity index (χ1n) is 6.48. The molecule has 3 rings (SSSR count). The third kappa shape index (κ3) is 2.04. The molecule has 4 nitrogen and oxygen atoms in total. The second kappa shape index (κ2) is 4.53. The minimum atomic E-state index is -0.106. The lowest BCUT2D eigenvalue weighted by Crippen LogP contribution is -2.14. The summed E-state index contributed by atoms with van der Waals surface area (Å²) < 4.78 is 0. The highest BCUT2D eigenvalue weighted by atomic mass is 15.2. The monoisotopic (exact) mass is 242 g/mol. The van der Waals surface area contributed by atoms with Crippen LogP contribution in [-0.2, 0) is 12.8 Å². The molecule has 2 aromatic rings. The van der Waals surface area contributed by atoms with Gasteiger partial charge in [0.25, 0.3) is 0 Å². The van der Waals surface area contributed by atoms with Gasteiger partial charge in [-0.2, -0.15) is 5.10 Å². The molecule has 1 heterocycles. The number of H-pyrrole nitrogens is 1. The molecule has 0 saturated carbocycles. The first-order chi connectivity index (χ1) is 8.74. The molecule has 0 spiro atoms. The number of nitrogens with one attached hydrogen (secondary N) is 1. The molecule has 0 saturated heterocycles. The van der Waals surface area contributed by atoms with E-state index < -0.39 is 0 Å². The summed E-state index contributed by atoms with van der Waals surface area (Å²) in [4.78, 5) is 4.51. The second-order valence-corrected chi connectivity index (χ2v) is 5.08. The number of nitrogens with zero attached hydrogens (tertiary/aromatic N) is 2. The third-order valence-corrected chi connectivity index (χ3v) is 3.66. The lowest BCUT2D eigenvalue weighted by atomic mass is 9.83. The summed E-state index contributed by atoms with van der Waals surface area (Å²) in [7, 11) is 0. The number of rotatable bonds is 2. The molecule has 0 amide bonds. The molecule has 0 aliphatic heterocycles. The molecule has 1 aliphatic carbocycles. The largest absolute Gasteiger partial charge is 0.321 e. The molecule has 3 N–H and O–H groups in total. The van der Waals surface area contributed by atoms with Gasteiger partial charge in [0.1, 0.15) is 5.82 Å². The van der Waals surface area contributed by atoms with Crippen LogP contribution in [-0.4, -0.2) is 15.2 Å². The van der Waals surface area contributed by atoms with E-state index in [0.29, 0.717) is 11.7 Å². The molecule has 1 aliphatic rings. The van der Waals surface area contributed by atoms with E-state index in [1.165, 1.54) is 11.1 Å². The highest BCUT2D eigenvalue weighted by molar-refractivity contribution is 5.31. The van der Waals surface area contributed by atoms with E-state index in [0.717, 1.165) is 25.1 Å². The number of benzene rings is 1. The maximum Gasteiger partial charge on any atom is 0.167 e. The van der Waals surface area contributed by atoms with E-state index in [9.17, 15) is 0 Å². The van der Waals surface area contributed by atoms with Crippen LogP contribution in [0.25, 0.3) is 0 Å². The van der Waals surface area contributed by atoms with Gasteiger partial charge in [-0.3, -0.25) is 5.10 Å². The van der Waals surface area contributed by atoms with Crippen molar-refractivity contribution in [2.24, 2.45) is 5.73 Å². The van der Waals surface area contributed by atoms with E-state index in [-0.39, 0.29) is 6.04 Å². The van der Waals surface area contributed by atoms with Gasteiger partial charge in [0.2, 0.25) is 0 Å². The average molecular weight is 242 g/mol. The highest BCUT2D eigenvalue weighted by Crippen LogP contribution is 2.30. The minimum absolute atomic E-state index is 0.106. The van der Waals surface area contributed by atoms with Crippen molar-refractivity contribution in [1.82, 2.24) is 15.2 Å². The quantitative estimate of drug-likeness (QED) is 0.847. The van der Waals surface area contributed by atoms with E-state index in [4.69, 9.17) is 5.73 Å². The Kier molecular flexibility index (Phi) is 2.88. The van der Waals surface area contributed by atoms with Crippen molar-refractivity contribution >= 4 is 0 Å². The van der Waals surface area contributed by atoms with Crippen LogP contribution in [0.15, 0.2) is 24.3 Å². The Morgan fingerprint density at radius 3 is 2.83 bits per heavy atom. The zero-order valence-corrected chi connectivity index (χ0v) is 10.6. The molecule has 4 heteroatoms. The first kappa shape index (κ1) is 11.4. The van der Waals surface area contributed by atoms with Gasteiger partial charge in [-0.15, -0.1) is 0 Å². The van der Waals surface area contributed by atoms with Crippen molar-refractivity contribution in [3.63, 3.8) is 0 Å². The third-order valence-electron chi connectivity index (χ3n) is 3.66. The Hall–Kier alpha value is -1.68. The molecule has 0 fully saturated rings. The zero-order chi connectivity index (χ0) is 12.5. The van der Waals surface area contributed by atoms with Crippen LogP contribution in [0, 0.1) is 0 Å². The summed E-state index contributed by atoms with van der Waals surface area (Å²) in [6, 6.07) is 8.55. The van der Waals surface area contributed by atoms with Crippen molar-refractivity contribution in [2.45, 2.75) is 38.1 Å². The van der Waals surface area contributed by atoms with Crippen LogP contribution in [0.2, 0.25) is 0 Å². The van der Waals surface area contributed by atoms with Crippen LogP contribution in [0.3, 0.4) is 0 Å². The number of aromatic nitrogens is 3. The topological polar surface area (TPSA) is 67.6 Å². The summed E-state index contributed by atoms with van der Waals surface area (Å²) in [5.74, 6) is 2.14. The lowest BCUT2D eigenvalue weighted by molar-refractivity contribution is 0.556. The molecule has 1 aromatic carbocycles. The Morgan fingerprint density at radius 1 is 1.33 bits per heavy atom. The fourth-order valence-electron chi connectivity index (χ4n) is 2.61. The van der Waals surface area contributed by atoms with Gasteiger partial charge in [-0.05, 0) is 37.3 Å². The number of aryl methyl sites for hydroxylation is 1. The molecule has 0 bridgehead atoms. The Morgan fingerprint density at radius 2 is 2.11 bits per heavy atom. The second-order valence-electron chi connectivity index (χ2n) is 5.08. The van der Waals surface area contributed by atoms with E-state index in [1.807, 2.05) is 6.92 Å². The Balaban J connectivity index is 1.83. The van der Waals surface area contributed by atoms with E-state index in [2.05, 4.69) is 39.4 Å². The van der Waals surface area contributed by atoms with E-state index in [1.54, 1.807) is 0 Å². The summed E-state index contributed by atoms with van der Waals surface area (Å²) in [6.45, 7) is 1.91. The predicted octanol–water partition coefficient (Wildman–Crippen LogP) is 2.10. The van der Waals surface area contributed by atoms with Crippen molar-refractivity contribution in [3.8, 4) is 0 Å². The molecular formula is C14H18N4. The average Bonchev–Trinajstić information content (AvgIpc) is 2.88. The van der Waals surface area contributed by atoms with Gasteiger partial charge in [0.15, 0.2) is 5.82 Å². The van der Waals surface area contributed by atoms with Crippen LogP contribution in [0.1, 0.15) is 48.1 Å². The lowest BCUT2D eigenvalue weighted by Gasteiger charge is -2.22. The fourth-order valence-corrected chi connectivity index (χ4v) is 2.61. The van der Waals surface area contributed by atoms with Crippen LogP contribution in [0.4, 0.5) is 0 Å².